The van der Waals surface area contributed by atoms with E-state index in [9.17, 15) is 9.59 Å². The third kappa shape index (κ3) is 3.54. The molecule has 0 N–H and O–H groups in total. The summed E-state index contributed by atoms with van der Waals surface area (Å²) in [5.41, 5.74) is 2.19. The molecule has 0 unspecified atom stereocenters. The summed E-state index contributed by atoms with van der Waals surface area (Å²) in [7, 11) is 0. The number of carbonyl (C=O) groups is 2. The molecular weight excluding hydrogens is 326 g/mol. The lowest BCUT2D eigenvalue weighted by molar-refractivity contribution is -0.123. The van der Waals surface area contributed by atoms with Crippen molar-refractivity contribution >= 4 is 29.0 Å². The van der Waals surface area contributed by atoms with Gasteiger partial charge in [0, 0.05) is 6.08 Å². The van der Waals surface area contributed by atoms with E-state index in [0.29, 0.717) is 10.7 Å². The average molecular weight is 343 g/mol. The average Bonchev–Trinajstić information content (AvgIpc) is 3.13. The van der Waals surface area contributed by atoms with Crippen LogP contribution in [0.25, 0.3) is 6.08 Å². The van der Waals surface area contributed by atoms with E-state index in [4.69, 9.17) is 9.15 Å². The first-order valence-electron chi connectivity index (χ1n) is 7.53. The van der Waals surface area contributed by atoms with Gasteiger partial charge in [0.25, 0.3) is 11.1 Å². The van der Waals surface area contributed by atoms with Crippen LogP contribution in [0, 0.1) is 13.8 Å². The Hall–Kier alpha value is -2.47. The number of benzene rings is 1. The second-order valence-electron chi connectivity index (χ2n) is 5.47. The molecule has 2 aromatic rings. The minimum atomic E-state index is -0.314. The number of rotatable bonds is 5. The Morgan fingerprint density at radius 2 is 2.08 bits per heavy atom. The Labute approximate surface area is 144 Å². The molecule has 1 aromatic carbocycles. The third-order valence-electron chi connectivity index (χ3n) is 3.59. The summed E-state index contributed by atoms with van der Waals surface area (Å²) in [6.45, 7) is 4.46. The van der Waals surface area contributed by atoms with Crippen LogP contribution in [0.5, 0.6) is 5.75 Å². The molecule has 2 amide bonds. The maximum Gasteiger partial charge on any atom is 0.293 e. The molecule has 0 aliphatic carbocycles. The number of amides is 2. The van der Waals surface area contributed by atoms with Gasteiger partial charge in [-0.05, 0) is 49.4 Å². The molecule has 124 valence electrons. The van der Waals surface area contributed by atoms with Crippen molar-refractivity contribution in [2.45, 2.75) is 13.8 Å². The molecule has 3 rings (SSSR count). The van der Waals surface area contributed by atoms with E-state index in [1.54, 1.807) is 18.2 Å². The lowest BCUT2D eigenvalue weighted by atomic mass is 10.1. The van der Waals surface area contributed by atoms with E-state index in [1.165, 1.54) is 11.2 Å². The fourth-order valence-corrected chi connectivity index (χ4v) is 3.25. The van der Waals surface area contributed by atoms with Crippen molar-refractivity contribution < 1.29 is 18.7 Å². The van der Waals surface area contributed by atoms with E-state index >= 15 is 0 Å². The van der Waals surface area contributed by atoms with Gasteiger partial charge in [-0.25, -0.2) is 0 Å². The Morgan fingerprint density at radius 3 is 2.79 bits per heavy atom. The summed E-state index contributed by atoms with van der Waals surface area (Å²) in [5.74, 6) is 0.997. The second-order valence-corrected chi connectivity index (χ2v) is 6.46. The van der Waals surface area contributed by atoms with Crippen molar-refractivity contribution in [2.24, 2.45) is 0 Å². The van der Waals surface area contributed by atoms with Gasteiger partial charge in [-0.15, -0.1) is 0 Å². The molecule has 0 saturated carbocycles. The van der Waals surface area contributed by atoms with E-state index in [1.807, 2.05) is 32.0 Å². The zero-order valence-corrected chi connectivity index (χ0v) is 14.3. The van der Waals surface area contributed by atoms with E-state index in [-0.39, 0.29) is 24.3 Å². The molecular formula is C18H17NO4S. The molecule has 1 fully saturated rings. The van der Waals surface area contributed by atoms with Crippen LogP contribution in [0.3, 0.4) is 0 Å². The van der Waals surface area contributed by atoms with Gasteiger partial charge in [0.1, 0.15) is 18.1 Å². The van der Waals surface area contributed by atoms with Crippen molar-refractivity contribution in [2.75, 3.05) is 13.2 Å². The Bertz CT molecular complexity index is 795. The highest BCUT2D eigenvalue weighted by Gasteiger charge is 2.35. The molecule has 2 heterocycles. The minimum Gasteiger partial charge on any atom is -0.491 e. The van der Waals surface area contributed by atoms with Gasteiger partial charge in [0.05, 0.1) is 17.7 Å². The molecule has 1 aromatic heterocycles. The van der Waals surface area contributed by atoms with Crippen LogP contribution in [0.15, 0.2) is 45.9 Å². The number of aryl methyl sites for hydroxylation is 2. The van der Waals surface area contributed by atoms with Crippen molar-refractivity contribution in [1.29, 1.82) is 0 Å². The monoisotopic (exact) mass is 343 g/mol. The number of carbonyl (C=O) groups excluding carboxylic acids is 2. The molecule has 0 atom stereocenters. The third-order valence-corrected chi connectivity index (χ3v) is 4.50. The first-order chi connectivity index (χ1) is 11.5. The van der Waals surface area contributed by atoms with E-state index < -0.39 is 0 Å². The fourth-order valence-electron chi connectivity index (χ4n) is 2.40. The van der Waals surface area contributed by atoms with Crippen LogP contribution in [-0.2, 0) is 4.79 Å². The molecule has 1 saturated heterocycles. The zero-order valence-electron chi connectivity index (χ0n) is 13.4. The van der Waals surface area contributed by atoms with Gasteiger partial charge in [-0.1, -0.05) is 17.7 Å². The SMILES string of the molecule is Cc1ccc(OCCN2C(=O)SC(=Cc3ccco3)C2=O)c(C)c1. The number of ether oxygens (including phenoxy) is 1. The van der Waals surface area contributed by atoms with Crippen molar-refractivity contribution in [1.82, 2.24) is 4.90 Å². The number of hydrogen-bond acceptors (Lipinski definition) is 5. The molecule has 24 heavy (non-hydrogen) atoms. The van der Waals surface area contributed by atoms with Crippen LogP contribution >= 0.6 is 11.8 Å². The van der Waals surface area contributed by atoms with Crippen LogP contribution in [0.1, 0.15) is 16.9 Å². The Kier molecular flexibility index (Phi) is 4.76. The van der Waals surface area contributed by atoms with Crippen LogP contribution in [-0.4, -0.2) is 29.2 Å². The Morgan fingerprint density at radius 1 is 1.25 bits per heavy atom. The molecule has 1 aliphatic heterocycles. The van der Waals surface area contributed by atoms with Crippen LogP contribution < -0.4 is 4.74 Å². The molecule has 0 spiro atoms. The van der Waals surface area contributed by atoms with Crippen LogP contribution in [0.2, 0.25) is 0 Å². The summed E-state index contributed by atoms with van der Waals surface area (Å²) in [4.78, 5) is 25.9. The molecule has 1 aliphatic rings. The van der Waals surface area contributed by atoms with Crippen molar-refractivity contribution in [3.8, 4) is 5.75 Å². The first-order valence-corrected chi connectivity index (χ1v) is 8.35. The molecule has 0 radical (unpaired) electrons. The summed E-state index contributed by atoms with van der Waals surface area (Å²) < 4.78 is 10.9. The van der Waals surface area contributed by atoms with Gasteiger partial charge in [-0.2, -0.15) is 0 Å². The fraction of sp³-hybridized carbons (Fsp3) is 0.222. The maximum absolute atomic E-state index is 12.3. The Balaban J connectivity index is 1.61. The summed E-state index contributed by atoms with van der Waals surface area (Å²) in [6, 6.07) is 9.36. The van der Waals surface area contributed by atoms with Gasteiger partial charge in [0.15, 0.2) is 0 Å². The molecule has 6 heteroatoms. The predicted octanol–water partition coefficient (Wildman–Crippen LogP) is 4.01. The second kappa shape index (κ2) is 6.97. The van der Waals surface area contributed by atoms with Gasteiger partial charge >= 0.3 is 0 Å². The number of hydrogen-bond donors (Lipinski definition) is 0. The van der Waals surface area contributed by atoms with E-state index in [0.717, 1.165) is 28.6 Å². The van der Waals surface area contributed by atoms with Crippen LogP contribution in [0.4, 0.5) is 4.79 Å². The zero-order chi connectivity index (χ0) is 17.1. The largest absolute Gasteiger partial charge is 0.491 e. The highest BCUT2D eigenvalue weighted by Crippen LogP contribution is 2.32. The topological polar surface area (TPSA) is 59.8 Å². The van der Waals surface area contributed by atoms with Gasteiger partial charge in [0.2, 0.25) is 0 Å². The summed E-state index contributed by atoms with van der Waals surface area (Å²) >= 11 is 0.914. The number of imide groups is 1. The quantitative estimate of drug-likeness (QED) is 0.768. The highest BCUT2D eigenvalue weighted by molar-refractivity contribution is 8.18. The van der Waals surface area contributed by atoms with Gasteiger partial charge in [-0.3, -0.25) is 14.5 Å². The first kappa shape index (κ1) is 16.4. The number of furan rings is 1. The predicted molar refractivity (Wildman–Crippen MR) is 92.8 cm³/mol. The standard InChI is InChI=1S/C18H17NO4S/c1-12-5-6-15(13(2)10-12)23-9-7-19-17(20)16(24-18(19)21)11-14-4-3-8-22-14/h3-6,8,10-11H,7,9H2,1-2H3. The molecule has 5 nitrogen and oxygen atoms in total. The maximum atomic E-state index is 12.3. The van der Waals surface area contributed by atoms with Crippen molar-refractivity contribution in [3.63, 3.8) is 0 Å². The lowest BCUT2D eigenvalue weighted by Crippen LogP contribution is -2.32. The lowest BCUT2D eigenvalue weighted by Gasteiger charge is -2.14. The summed E-state index contributed by atoms with van der Waals surface area (Å²) in [5, 5.41) is -0.290. The van der Waals surface area contributed by atoms with Gasteiger partial charge < -0.3 is 9.15 Å². The minimum absolute atomic E-state index is 0.216. The van der Waals surface area contributed by atoms with E-state index in [2.05, 4.69) is 0 Å². The summed E-state index contributed by atoms with van der Waals surface area (Å²) in [6.07, 6.45) is 3.10. The smallest absolute Gasteiger partial charge is 0.293 e. The highest BCUT2D eigenvalue weighted by atomic mass is 32.2. The van der Waals surface area contributed by atoms with Crippen molar-refractivity contribution in [3.05, 3.63) is 58.4 Å². The normalized spacial score (nSPS) is 16.2. The number of nitrogens with zero attached hydrogens (tertiary/aromatic N) is 1. The molecule has 0 bridgehead atoms. The number of thioether (sulfide) groups is 1.